The van der Waals surface area contributed by atoms with Gasteiger partial charge in [-0.15, -0.1) is 12.6 Å². The molecule has 0 atom stereocenters. The van der Waals surface area contributed by atoms with E-state index in [2.05, 4.69) is 17.6 Å². The van der Waals surface area contributed by atoms with Crippen molar-refractivity contribution in [3.8, 4) is 0 Å². The molecule has 0 aliphatic heterocycles. The number of pyridine rings is 1. The van der Waals surface area contributed by atoms with Crippen molar-refractivity contribution in [3.63, 3.8) is 0 Å². The zero-order valence-electron chi connectivity index (χ0n) is 10.1. The predicted molar refractivity (Wildman–Crippen MR) is 73.7 cm³/mol. The van der Waals surface area contributed by atoms with E-state index in [0.717, 1.165) is 10.5 Å². The van der Waals surface area contributed by atoms with E-state index in [0.29, 0.717) is 12.1 Å². The average molecular weight is 258 g/mol. The summed E-state index contributed by atoms with van der Waals surface area (Å²) in [5, 5.41) is 0. The molecular formula is C14H14N2OS. The second-order valence-corrected chi connectivity index (χ2v) is 4.59. The lowest BCUT2D eigenvalue weighted by Crippen LogP contribution is -2.26. The van der Waals surface area contributed by atoms with Gasteiger partial charge >= 0.3 is 0 Å². The van der Waals surface area contributed by atoms with Gasteiger partial charge in [-0.25, -0.2) is 0 Å². The largest absolute Gasteiger partial charge is 0.337 e. The first-order valence-corrected chi connectivity index (χ1v) is 6.05. The van der Waals surface area contributed by atoms with Crippen LogP contribution < -0.4 is 0 Å². The van der Waals surface area contributed by atoms with Gasteiger partial charge in [0.05, 0.1) is 0 Å². The van der Waals surface area contributed by atoms with E-state index in [9.17, 15) is 4.79 Å². The number of hydrogen-bond donors (Lipinski definition) is 1. The Morgan fingerprint density at radius 1 is 1.33 bits per heavy atom. The highest BCUT2D eigenvalue weighted by atomic mass is 32.1. The fraction of sp³-hybridized carbons (Fsp3) is 0.143. The molecule has 0 aliphatic rings. The van der Waals surface area contributed by atoms with Crippen molar-refractivity contribution in [2.45, 2.75) is 11.4 Å². The van der Waals surface area contributed by atoms with Gasteiger partial charge in [0.2, 0.25) is 0 Å². The molecule has 0 aliphatic carbocycles. The molecule has 3 nitrogen and oxygen atoms in total. The number of benzene rings is 1. The summed E-state index contributed by atoms with van der Waals surface area (Å²) in [6.07, 6.45) is 3.48. The maximum atomic E-state index is 12.2. The Morgan fingerprint density at radius 2 is 2.17 bits per heavy atom. The van der Waals surface area contributed by atoms with Crippen LogP contribution in [0.2, 0.25) is 0 Å². The smallest absolute Gasteiger partial charge is 0.253 e. The molecule has 92 valence electrons. The van der Waals surface area contributed by atoms with E-state index in [4.69, 9.17) is 0 Å². The van der Waals surface area contributed by atoms with Gasteiger partial charge in [0, 0.05) is 36.4 Å². The Labute approximate surface area is 112 Å². The number of rotatable bonds is 3. The molecule has 1 aromatic carbocycles. The Morgan fingerprint density at radius 3 is 2.83 bits per heavy atom. The second kappa shape index (κ2) is 5.69. The fourth-order valence-corrected chi connectivity index (χ4v) is 1.92. The molecule has 18 heavy (non-hydrogen) atoms. The van der Waals surface area contributed by atoms with Gasteiger partial charge in [0.1, 0.15) is 0 Å². The molecule has 1 amide bonds. The number of carbonyl (C=O) groups excluding carboxylic acids is 1. The third-order valence-corrected chi connectivity index (χ3v) is 2.86. The van der Waals surface area contributed by atoms with Crippen molar-refractivity contribution in [2.24, 2.45) is 0 Å². The summed E-state index contributed by atoms with van der Waals surface area (Å²) in [7, 11) is 1.78. The lowest BCUT2D eigenvalue weighted by Gasteiger charge is -2.17. The highest BCUT2D eigenvalue weighted by Crippen LogP contribution is 2.12. The summed E-state index contributed by atoms with van der Waals surface area (Å²) in [6.45, 7) is 0.545. The SMILES string of the molecule is CN(Cc1cccnc1)C(=O)c1cccc(S)c1. The van der Waals surface area contributed by atoms with Crippen LogP contribution in [0, 0.1) is 0 Å². The van der Waals surface area contributed by atoms with Crippen LogP contribution in [0.1, 0.15) is 15.9 Å². The number of nitrogens with zero attached hydrogens (tertiary/aromatic N) is 2. The Hall–Kier alpha value is -1.81. The van der Waals surface area contributed by atoms with Gasteiger partial charge < -0.3 is 4.90 Å². The van der Waals surface area contributed by atoms with E-state index >= 15 is 0 Å². The van der Waals surface area contributed by atoms with Crippen LogP contribution in [0.5, 0.6) is 0 Å². The molecule has 0 saturated heterocycles. The van der Waals surface area contributed by atoms with Crippen LogP contribution in [0.25, 0.3) is 0 Å². The molecule has 0 N–H and O–H groups in total. The standard InChI is InChI=1S/C14H14N2OS/c1-16(10-11-4-3-7-15-9-11)14(17)12-5-2-6-13(18)8-12/h2-9,18H,10H2,1H3. The molecule has 0 spiro atoms. The third-order valence-electron chi connectivity index (χ3n) is 2.58. The zero-order valence-corrected chi connectivity index (χ0v) is 11.0. The van der Waals surface area contributed by atoms with E-state index in [-0.39, 0.29) is 5.91 Å². The second-order valence-electron chi connectivity index (χ2n) is 4.07. The Balaban J connectivity index is 2.10. The number of carbonyl (C=O) groups is 1. The van der Waals surface area contributed by atoms with Crippen LogP contribution >= 0.6 is 12.6 Å². The lowest BCUT2D eigenvalue weighted by atomic mass is 10.2. The molecule has 0 saturated carbocycles. The quantitative estimate of drug-likeness (QED) is 0.859. The van der Waals surface area contributed by atoms with E-state index in [1.807, 2.05) is 24.3 Å². The van der Waals surface area contributed by atoms with Crippen molar-refractivity contribution in [3.05, 3.63) is 59.9 Å². The molecular weight excluding hydrogens is 244 g/mol. The van der Waals surface area contributed by atoms with Crippen molar-refractivity contribution >= 4 is 18.5 Å². The first-order chi connectivity index (χ1) is 8.66. The van der Waals surface area contributed by atoms with Crippen LogP contribution in [-0.2, 0) is 6.54 Å². The number of amides is 1. The molecule has 0 bridgehead atoms. The van der Waals surface area contributed by atoms with Gasteiger partial charge in [-0.05, 0) is 29.8 Å². The van der Waals surface area contributed by atoms with Crippen LogP contribution in [0.4, 0.5) is 0 Å². The van der Waals surface area contributed by atoms with Crippen LogP contribution in [0.15, 0.2) is 53.7 Å². The van der Waals surface area contributed by atoms with E-state index in [1.165, 1.54) is 0 Å². The number of aromatic nitrogens is 1. The average Bonchev–Trinajstić information content (AvgIpc) is 2.39. The molecule has 1 aromatic heterocycles. The monoisotopic (exact) mass is 258 g/mol. The van der Waals surface area contributed by atoms with Gasteiger partial charge in [0.15, 0.2) is 0 Å². The highest BCUT2D eigenvalue weighted by Gasteiger charge is 2.11. The molecule has 0 fully saturated rings. The summed E-state index contributed by atoms with van der Waals surface area (Å²) in [6, 6.07) is 11.1. The van der Waals surface area contributed by atoms with Crippen molar-refractivity contribution in [2.75, 3.05) is 7.05 Å². The molecule has 0 radical (unpaired) electrons. The maximum Gasteiger partial charge on any atom is 0.253 e. The topological polar surface area (TPSA) is 33.2 Å². The van der Waals surface area contributed by atoms with Crippen molar-refractivity contribution in [1.82, 2.24) is 9.88 Å². The first-order valence-electron chi connectivity index (χ1n) is 5.60. The van der Waals surface area contributed by atoms with E-state index < -0.39 is 0 Å². The summed E-state index contributed by atoms with van der Waals surface area (Å²) in [4.78, 5) is 18.7. The normalized spacial score (nSPS) is 10.1. The third kappa shape index (κ3) is 3.11. The summed E-state index contributed by atoms with van der Waals surface area (Å²) in [5.74, 6) is -0.0187. The Kier molecular flexibility index (Phi) is 3.99. The minimum Gasteiger partial charge on any atom is -0.337 e. The molecule has 4 heteroatoms. The molecule has 0 unspecified atom stereocenters. The van der Waals surface area contributed by atoms with Crippen molar-refractivity contribution in [1.29, 1.82) is 0 Å². The van der Waals surface area contributed by atoms with Gasteiger partial charge in [0.25, 0.3) is 5.91 Å². The highest BCUT2D eigenvalue weighted by molar-refractivity contribution is 7.80. The Bertz CT molecular complexity index is 543. The van der Waals surface area contributed by atoms with E-state index in [1.54, 1.807) is 36.5 Å². The molecule has 1 heterocycles. The van der Waals surface area contributed by atoms with Crippen LogP contribution in [-0.4, -0.2) is 22.8 Å². The maximum absolute atomic E-state index is 12.2. The zero-order chi connectivity index (χ0) is 13.0. The van der Waals surface area contributed by atoms with Gasteiger partial charge in [-0.2, -0.15) is 0 Å². The number of hydrogen-bond acceptors (Lipinski definition) is 3. The van der Waals surface area contributed by atoms with Crippen molar-refractivity contribution < 1.29 is 4.79 Å². The van der Waals surface area contributed by atoms with Gasteiger partial charge in [-0.3, -0.25) is 9.78 Å². The summed E-state index contributed by atoms with van der Waals surface area (Å²) >= 11 is 4.24. The minimum absolute atomic E-state index is 0.0187. The fourth-order valence-electron chi connectivity index (χ4n) is 1.70. The predicted octanol–water partition coefficient (Wildman–Crippen LogP) is 2.64. The summed E-state index contributed by atoms with van der Waals surface area (Å²) < 4.78 is 0. The summed E-state index contributed by atoms with van der Waals surface area (Å²) in [5.41, 5.74) is 1.66. The van der Waals surface area contributed by atoms with Gasteiger partial charge in [-0.1, -0.05) is 12.1 Å². The molecule has 2 rings (SSSR count). The molecule has 2 aromatic rings. The minimum atomic E-state index is -0.0187. The number of thiol groups is 1. The van der Waals surface area contributed by atoms with Crippen LogP contribution in [0.3, 0.4) is 0 Å². The first kappa shape index (κ1) is 12.6. The lowest BCUT2D eigenvalue weighted by molar-refractivity contribution is 0.0784.